The van der Waals surface area contributed by atoms with Crippen LogP contribution in [0, 0.1) is 13.5 Å². The van der Waals surface area contributed by atoms with Gasteiger partial charge in [0, 0.05) is 32.3 Å². The van der Waals surface area contributed by atoms with E-state index in [9.17, 15) is 0 Å². The minimum atomic E-state index is 0.0236. The maximum atomic E-state index is 8.94. The molecule has 1 saturated carbocycles. The van der Waals surface area contributed by atoms with Gasteiger partial charge in [0.15, 0.2) is 5.65 Å². The molecule has 0 aliphatic heterocycles. The van der Waals surface area contributed by atoms with Crippen LogP contribution in [-0.2, 0) is 12.0 Å². The van der Waals surface area contributed by atoms with Crippen molar-refractivity contribution in [2.45, 2.75) is 31.7 Å². The molecule has 0 aromatic carbocycles. The second kappa shape index (κ2) is 8.10. The summed E-state index contributed by atoms with van der Waals surface area (Å²) in [7, 11) is 0. The number of aliphatic hydroxyl groups is 1. The Kier molecular flexibility index (Phi) is 5.51. The molecule has 3 aromatic heterocycles. The Hall–Kier alpha value is -2.87. The smallest absolute Gasteiger partial charge is 0.268 e. The number of nitrogens with zero attached hydrogens (tertiary/aromatic N) is 6. The van der Waals surface area contributed by atoms with Gasteiger partial charge < -0.3 is 21.5 Å². The van der Waals surface area contributed by atoms with E-state index < -0.39 is 0 Å². The molecule has 158 valence electrons. The molecular weight excluding hydrogens is 406 g/mol. The lowest BCUT2D eigenvalue weighted by Crippen LogP contribution is -2.33. The van der Waals surface area contributed by atoms with Crippen LogP contribution in [0.25, 0.3) is 10.5 Å². The second-order valence-electron chi connectivity index (χ2n) is 7.49. The van der Waals surface area contributed by atoms with Crippen LogP contribution >= 0.6 is 11.6 Å². The molecule has 1 fully saturated rings. The molecule has 3 aromatic rings. The van der Waals surface area contributed by atoms with E-state index >= 15 is 0 Å². The number of rotatable bonds is 9. The van der Waals surface area contributed by atoms with Crippen molar-refractivity contribution in [3.05, 3.63) is 40.1 Å². The zero-order valence-electron chi connectivity index (χ0n) is 16.7. The van der Waals surface area contributed by atoms with Gasteiger partial charge in [-0.1, -0.05) is 11.6 Å². The topological polar surface area (TPSA) is 123 Å². The number of hydrogen-bond donors (Lipinski definition) is 4. The normalized spacial score (nSPS) is 14.7. The average molecular weight is 430 g/mol. The molecule has 0 spiro atoms. The van der Waals surface area contributed by atoms with E-state index in [-0.39, 0.29) is 23.7 Å². The maximum Gasteiger partial charge on any atom is 0.268 e. The predicted octanol–water partition coefficient (Wildman–Crippen LogP) is 1.75. The summed E-state index contributed by atoms with van der Waals surface area (Å²) in [5.74, 6) is 0.603. The Morgan fingerprint density at radius 2 is 2.17 bits per heavy atom. The van der Waals surface area contributed by atoms with Crippen LogP contribution in [0.15, 0.2) is 12.3 Å². The van der Waals surface area contributed by atoms with Crippen molar-refractivity contribution in [2.24, 2.45) is 0 Å². The van der Waals surface area contributed by atoms with Crippen molar-refractivity contribution in [1.29, 1.82) is 0 Å². The zero-order valence-corrected chi connectivity index (χ0v) is 17.4. The van der Waals surface area contributed by atoms with Crippen molar-refractivity contribution in [3.63, 3.8) is 0 Å². The van der Waals surface area contributed by atoms with Crippen LogP contribution in [-0.4, -0.2) is 55.7 Å². The quantitative estimate of drug-likeness (QED) is 0.302. The molecule has 0 unspecified atom stereocenters. The summed E-state index contributed by atoms with van der Waals surface area (Å²) < 4.78 is 3.42. The van der Waals surface area contributed by atoms with Gasteiger partial charge >= 0.3 is 0 Å². The third-order valence-electron chi connectivity index (χ3n) is 5.36. The van der Waals surface area contributed by atoms with Gasteiger partial charge in [0.05, 0.1) is 30.1 Å². The molecule has 4 rings (SSSR count). The van der Waals surface area contributed by atoms with E-state index in [1.54, 1.807) is 6.92 Å². The number of halogens is 1. The molecule has 10 nitrogen and oxygen atoms in total. The van der Waals surface area contributed by atoms with E-state index in [0.29, 0.717) is 41.7 Å². The van der Waals surface area contributed by atoms with E-state index in [1.165, 1.54) is 4.52 Å². The van der Waals surface area contributed by atoms with Crippen molar-refractivity contribution in [2.75, 3.05) is 37.3 Å². The second-order valence-corrected chi connectivity index (χ2v) is 7.87. The maximum absolute atomic E-state index is 8.94. The molecule has 5 N–H and O–H groups in total. The van der Waals surface area contributed by atoms with Gasteiger partial charge in [0.1, 0.15) is 16.7 Å². The highest BCUT2D eigenvalue weighted by atomic mass is 35.5. The summed E-state index contributed by atoms with van der Waals surface area (Å²) in [6, 6.07) is 2.01. The van der Waals surface area contributed by atoms with Crippen LogP contribution in [0.2, 0.25) is 5.02 Å². The molecule has 0 saturated heterocycles. The highest BCUT2D eigenvalue weighted by Crippen LogP contribution is 2.42. The van der Waals surface area contributed by atoms with Crippen LogP contribution < -0.4 is 16.4 Å². The summed E-state index contributed by atoms with van der Waals surface area (Å²) in [6.07, 6.45) is 4.83. The molecule has 0 atom stereocenters. The van der Waals surface area contributed by atoms with Crippen molar-refractivity contribution in [1.82, 2.24) is 29.7 Å². The van der Waals surface area contributed by atoms with Crippen LogP contribution in [0.3, 0.4) is 0 Å². The van der Waals surface area contributed by atoms with Gasteiger partial charge in [0.25, 0.3) is 5.69 Å². The van der Waals surface area contributed by atoms with Crippen molar-refractivity contribution < 1.29 is 5.11 Å². The van der Waals surface area contributed by atoms with E-state index in [4.69, 9.17) is 34.1 Å². The van der Waals surface area contributed by atoms with Crippen LogP contribution in [0.5, 0.6) is 0 Å². The monoisotopic (exact) mass is 429 g/mol. The fourth-order valence-corrected chi connectivity index (χ4v) is 3.63. The number of aliphatic hydroxyl groups excluding tert-OH is 1. The Morgan fingerprint density at radius 1 is 1.37 bits per heavy atom. The van der Waals surface area contributed by atoms with Gasteiger partial charge in [-0.2, -0.15) is 10.2 Å². The Balaban J connectivity index is 1.44. The Labute approximate surface area is 178 Å². The zero-order chi connectivity index (χ0) is 21.3. The van der Waals surface area contributed by atoms with Gasteiger partial charge in [-0.05, 0) is 25.8 Å². The third kappa shape index (κ3) is 3.67. The first kappa shape index (κ1) is 20.4. The number of aromatic nitrogens is 5. The fourth-order valence-electron chi connectivity index (χ4n) is 3.47. The number of nitrogens with one attached hydrogen (secondary N) is 2. The highest BCUT2D eigenvalue weighted by molar-refractivity contribution is 6.34. The number of hydrogen-bond acceptors (Lipinski definition) is 7. The van der Waals surface area contributed by atoms with Gasteiger partial charge in [-0.15, -0.1) is 0 Å². The average Bonchev–Trinajstić information content (AvgIpc) is 3.26. The van der Waals surface area contributed by atoms with Crippen LogP contribution in [0.1, 0.15) is 24.2 Å². The predicted molar refractivity (Wildman–Crippen MR) is 115 cm³/mol. The van der Waals surface area contributed by atoms with Gasteiger partial charge in [-0.25, -0.2) is 14.3 Å². The van der Waals surface area contributed by atoms with E-state index in [1.807, 2.05) is 16.9 Å². The first-order valence-electron chi connectivity index (χ1n) is 9.81. The van der Waals surface area contributed by atoms with Crippen LogP contribution in [0.4, 0.5) is 17.3 Å². The number of anilines is 2. The molecule has 1 aliphatic carbocycles. The molecule has 0 amide bonds. The number of nitrogen functional groups attached to an aromatic ring is 1. The standard InChI is InChI=1S/C19H24ClN9O/c1-12-14(20)18-25-17(15(22-2)16(21)29(18)26-12)24-7-3-13-4-9-28(27-13)19(5-6-19)11-23-8-10-30/h4,9,23,30H,3,5-8,10-11,21H2,1H3,(H,24,25). The molecule has 30 heavy (non-hydrogen) atoms. The first-order chi connectivity index (χ1) is 14.5. The third-order valence-corrected chi connectivity index (χ3v) is 5.81. The SMILES string of the molecule is [C-]#[N+]c1c(NCCc2ccn(C3(CNCCO)CC3)n2)nc2c(Cl)c(C)nn2c1N. The Morgan fingerprint density at radius 3 is 2.87 bits per heavy atom. The molecule has 0 bridgehead atoms. The summed E-state index contributed by atoms with van der Waals surface area (Å²) in [6.45, 7) is 11.3. The minimum absolute atomic E-state index is 0.0236. The molecule has 0 radical (unpaired) electrons. The van der Waals surface area contributed by atoms with Crippen molar-refractivity contribution in [3.8, 4) is 0 Å². The summed E-state index contributed by atoms with van der Waals surface area (Å²) in [4.78, 5) is 7.98. The lowest BCUT2D eigenvalue weighted by molar-refractivity contribution is 0.283. The molecule has 3 heterocycles. The largest absolute Gasteiger partial charge is 0.395 e. The van der Waals surface area contributed by atoms with Gasteiger partial charge in [0.2, 0.25) is 0 Å². The molecule has 11 heteroatoms. The summed E-state index contributed by atoms with van der Waals surface area (Å²) in [5.41, 5.74) is 8.35. The van der Waals surface area contributed by atoms with Crippen molar-refractivity contribution >= 4 is 34.6 Å². The van der Waals surface area contributed by atoms with Gasteiger partial charge in [-0.3, -0.25) is 4.68 Å². The van der Waals surface area contributed by atoms with E-state index in [0.717, 1.165) is 25.1 Å². The molecule has 1 aliphatic rings. The van der Waals surface area contributed by atoms with E-state index in [2.05, 4.69) is 25.6 Å². The summed E-state index contributed by atoms with van der Waals surface area (Å²) in [5, 5.41) is 24.8. The molecular formula is C19H24ClN9O. The minimum Gasteiger partial charge on any atom is -0.395 e. The first-order valence-corrected chi connectivity index (χ1v) is 10.2. The number of aryl methyl sites for hydroxylation is 1. The fraction of sp³-hybridized carbons (Fsp3) is 0.474. The summed E-state index contributed by atoms with van der Waals surface area (Å²) >= 11 is 6.27. The number of nitrogens with two attached hydrogens (primary N) is 1. The lowest BCUT2D eigenvalue weighted by atomic mass is 10.3. The Bertz CT molecular complexity index is 1110. The highest BCUT2D eigenvalue weighted by Gasteiger charge is 2.44. The lowest BCUT2D eigenvalue weighted by Gasteiger charge is -2.16. The number of fused-ring (bicyclic) bond motifs is 1.